The zero-order chi connectivity index (χ0) is 16.1. The lowest BCUT2D eigenvalue weighted by Crippen LogP contribution is -2.45. The lowest BCUT2D eigenvalue weighted by molar-refractivity contribution is -0.125. The van der Waals surface area contributed by atoms with Crippen molar-refractivity contribution >= 4 is 29.0 Å². The normalized spacial score (nSPS) is 23.9. The van der Waals surface area contributed by atoms with Crippen molar-refractivity contribution in [3.8, 4) is 0 Å². The van der Waals surface area contributed by atoms with Crippen LogP contribution < -0.4 is 5.32 Å². The molecule has 6 heteroatoms. The van der Waals surface area contributed by atoms with Gasteiger partial charge in [-0.15, -0.1) is 11.3 Å². The monoisotopic (exact) mass is 341 g/mol. The first-order valence-corrected chi connectivity index (χ1v) is 9.93. The summed E-state index contributed by atoms with van der Waals surface area (Å²) in [5, 5.41) is 5.74. The third kappa shape index (κ3) is 4.47. The van der Waals surface area contributed by atoms with E-state index < -0.39 is 0 Å². The fraction of sp³-hybridized carbons (Fsp3) is 0.688. The average molecular weight is 342 g/mol. The van der Waals surface area contributed by atoms with Gasteiger partial charge in [-0.25, -0.2) is 0 Å². The Labute approximate surface area is 142 Å². The van der Waals surface area contributed by atoms with E-state index >= 15 is 0 Å². The van der Waals surface area contributed by atoms with Crippen LogP contribution in [0.25, 0.3) is 0 Å². The highest BCUT2D eigenvalue weighted by Gasteiger charge is 2.37. The number of carbonyl (C=O) groups excluding carboxylic acids is 1. The Hall–Kier alpha value is -0.560. The molecule has 3 unspecified atom stereocenters. The van der Waals surface area contributed by atoms with Gasteiger partial charge in [0.05, 0.1) is 6.04 Å². The first-order chi connectivity index (χ1) is 10.5. The highest BCUT2D eigenvalue weighted by Crippen LogP contribution is 2.25. The van der Waals surface area contributed by atoms with Crippen LogP contribution >= 0.6 is 23.1 Å². The van der Waals surface area contributed by atoms with Gasteiger partial charge in [0.1, 0.15) is 0 Å². The van der Waals surface area contributed by atoms with Crippen molar-refractivity contribution < 1.29 is 4.79 Å². The maximum absolute atomic E-state index is 12.4. The summed E-state index contributed by atoms with van der Waals surface area (Å²) in [6, 6.07) is 4.64. The molecular weight excluding hydrogens is 314 g/mol. The summed E-state index contributed by atoms with van der Waals surface area (Å²) < 4.78 is 0. The van der Waals surface area contributed by atoms with E-state index in [0.29, 0.717) is 11.3 Å². The molecule has 1 aromatic heterocycles. The molecule has 0 saturated carbocycles. The largest absolute Gasteiger partial charge is 0.354 e. The molecule has 1 N–H and O–H groups in total. The van der Waals surface area contributed by atoms with E-state index in [1.165, 1.54) is 4.88 Å². The second-order valence-electron chi connectivity index (χ2n) is 6.06. The van der Waals surface area contributed by atoms with Gasteiger partial charge in [0.15, 0.2) is 0 Å². The minimum Gasteiger partial charge on any atom is -0.354 e. The number of amides is 1. The molecule has 1 saturated heterocycles. The number of nitrogens with zero attached hydrogens (tertiary/aromatic N) is 2. The van der Waals surface area contributed by atoms with E-state index in [9.17, 15) is 4.79 Å². The predicted octanol–water partition coefficient (Wildman–Crippen LogP) is 1.77. The van der Waals surface area contributed by atoms with Gasteiger partial charge in [-0.05, 0) is 45.1 Å². The number of thiophene rings is 1. The second-order valence-corrected chi connectivity index (χ2v) is 8.16. The summed E-state index contributed by atoms with van der Waals surface area (Å²) >= 11 is 3.65. The highest BCUT2D eigenvalue weighted by atomic mass is 32.2. The summed E-state index contributed by atoms with van der Waals surface area (Å²) in [6.07, 6.45) is 3.08. The molecule has 4 nitrogen and oxygen atoms in total. The molecule has 124 valence electrons. The summed E-state index contributed by atoms with van der Waals surface area (Å²) in [5.41, 5.74) is 0. The third-order valence-electron chi connectivity index (χ3n) is 4.41. The zero-order valence-corrected chi connectivity index (χ0v) is 15.5. The second kappa shape index (κ2) is 8.34. The van der Waals surface area contributed by atoms with Crippen molar-refractivity contribution in [2.75, 3.05) is 40.0 Å². The predicted molar refractivity (Wildman–Crippen MR) is 96.8 cm³/mol. The smallest absolute Gasteiger partial charge is 0.237 e. The van der Waals surface area contributed by atoms with E-state index in [1.54, 1.807) is 11.3 Å². The van der Waals surface area contributed by atoms with E-state index in [0.717, 1.165) is 26.1 Å². The Bertz CT molecular complexity index is 464. The van der Waals surface area contributed by atoms with Gasteiger partial charge in [-0.3, -0.25) is 9.69 Å². The molecule has 3 atom stereocenters. The quantitative estimate of drug-likeness (QED) is 0.820. The standard InChI is InChI=1S/C16H27N3OS2/c1-12(16(20)17-8-7-13-6-5-9-22-13)19-10-14(18(2)3)15(11-19)21-4/h5-6,9,12,14-15H,7-8,10-11H2,1-4H3,(H,17,20). The van der Waals surface area contributed by atoms with Crippen LogP contribution in [-0.4, -0.2) is 73.0 Å². The number of nitrogens with one attached hydrogen (secondary N) is 1. The number of hydrogen-bond donors (Lipinski definition) is 1. The molecular formula is C16H27N3OS2. The molecule has 0 bridgehead atoms. The van der Waals surface area contributed by atoms with Crippen molar-refractivity contribution in [2.24, 2.45) is 0 Å². The molecule has 1 amide bonds. The maximum Gasteiger partial charge on any atom is 0.237 e. The maximum atomic E-state index is 12.4. The van der Waals surface area contributed by atoms with Gasteiger partial charge < -0.3 is 10.2 Å². The molecule has 1 fully saturated rings. The van der Waals surface area contributed by atoms with Crippen molar-refractivity contribution in [3.63, 3.8) is 0 Å². The van der Waals surface area contributed by atoms with Crippen LogP contribution in [0.3, 0.4) is 0 Å². The van der Waals surface area contributed by atoms with Gasteiger partial charge in [0.2, 0.25) is 5.91 Å². The molecule has 22 heavy (non-hydrogen) atoms. The fourth-order valence-electron chi connectivity index (χ4n) is 2.91. The molecule has 1 aromatic rings. The first kappa shape index (κ1) is 17.8. The van der Waals surface area contributed by atoms with Crippen molar-refractivity contribution in [1.29, 1.82) is 0 Å². The lowest BCUT2D eigenvalue weighted by Gasteiger charge is -2.25. The lowest BCUT2D eigenvalue weighted by atomic mass is 10.2. The molecule has 1 aliphatic rings. The van der Waals surface area contributed by atoms with Crippen LogP contribution in [0.1, 0.15) is 11.8 Å². The van der Waals surface area contributed by atoms with E-state index in [4.69, 9.17) is 0 Å². The van der Waals surface area contributed by atoms with Gasteiger partial charge in [0, 0.05) is 35.8 Å². The zero-order valence-electron chi connectivity index (χ0n) is 13.9. The van der Waals surface area contributed by atoms with Gasteiger partial charge in [-0.1, -0.05) is 6.07 Å². The number of hydrogen-bond acceptors (Lipinski definition) is 5. The fourth-order valence-corrected chi connectivity index (χ4v) is 4.60. The SMILES string of the molecule is CSC1CN(C(C)C(=O)NCCc2cccs2)CC1N(C)C. The van der Waals surface area contributed by atoms with E-state index in [2.05, 4.69) is 53.0 Å². The Morgan fingerprint density at radius 1 is 1.55 bits per heavy atom. The number of carbonyl (C=O) groups is 1. The summed E-state index contributed by atoms with van der Waals surface area (Å²) in [6.45, 7) is 4.71. The molecule has 2 heterocycles. The first-order valence-electron chi connectivity index (χ1n) is 7.76. The number of rotatable bonds is 7. The van der Waals surface area contributed by atoms with Gasteiger partial charge >= 0.3 is 0 Å². The average Bonchev–Trinajstić information content (AvgIpc) is 3.15. The summed E-state index contributed by atoms with van der Waals surface area (Å²) in [7, 11) is 4.26. The van der Waals surface area contributed by atoms with Crippen molar-refractivity contribution in [1.82, 2.24) is 15.1 Å². The molecule has 2 rings (SSSR count). The third-order valence-corrected chi connectivity index (χ3v) is 6.41. The van der Waals surface area contributed by atoms with Crippen LogP contribution in [0.2, 0.25) is 0 Å². The Kier molecular flexibility index (Phi) is 6.74. The van der Waals surface area contributed by atoms with Crippen LogP contribution in [0, 0.1) is 0 Å². The Balaban J connectivity index is 1.80. The molecule has 1 aliphatic heterocycles. The minimum absolute atomic E-state index is 0.0528. The van der Waals surface area contributed by atoms with Gasteiger partial charge in [0.25, 0.3) is 0 Å². The van der Waals surface area contributed by atoms with Crippen molar-refractivity contribution in [2.45, 2.75) is 30.7 Å². The molecule has 0 aromatic carbocycles. The molecule has 0 radical (unpaired) electrons. The summed E-state index contributed by atoms with van der Waals surface area (Å²) in [5.74, 6) is 0.149. The Morgan fingerprint density at radius 2 is 2.32 bits per heavy atom. The van der Waals surface area contributed by atoms with E-state index in [1.807, 2.05) is 18.7 Å². The molecule has 0 spiro atoms. The number of likely N-dealkylation sites (N-methyl/N-ethyl adjacent to an activating group) is 1. The van der Waals surface area contributed by atoms with Gasteiger partial charge in [-0.2, -0.15) is 11.8 Å². The minimum atomic E-state index is -0.0528. The van der Waals surface area contributed by atoms with Crippen LogP contribution in [0.5, 0.6) is 0 Å². The highest BCUT2D eigenvalue weighted by molar-refractivity contribution is 7.99. The van der Waals surface area contributed by atoms with Crippen LogP contribution in [0.15, 0.2) is 17.5 Å². The van der Waals surface area contributed by atoms with Crippen molar-refractivity contribution in [3.05, 3.63) is 22.4 Å². The number of thioether (sulfide) groups is 1. The topological polar surface area (TPSA) is 35.6 Å². The molecule has 0 aliphatic carbocycles. The number of likely N-dealkylation sites (tertiary alicyclic amines) is 1. The Morgan fingerprint density at radius 3 is 2.86 bits per heavy atom. The van der Waals surface area contributed by atoms with Crippen LogP contribution in [0.4, 0.5) is 0 Å². The van der Waals surface area contributed by atoms with Crippen LogP contribution in [-0.2, 0) is 11.2 Å². The summed E-state index contributed by atoms with van der Waals surface area (Å²) in [4.78, 5) is 18.3. The van der Waals surface area contributed by atoms with E-state index in [-0.39, 0.29) is 11.9 Å².